The molecular weight excluding hydrogens is 594 g/mol. The molecule has 0 saturated carbocycles. The molecule has 204 valence electrons. The predicted octanol–water partition coefficient (Wildman–Crippen LogP) is -5.90. The largest absolute Gasteiger partial charge is 1.00 e. The first kappa shape index (κ1) is 36.1. The van der Waals surface area contributed by atoms with Crippen molar-refractivity contribution < 1.29 is 96.2 Å². The van der Waals surface area contributed by atoms with Crippen LogP contribution in [0.4, 0.5) is 35.2 Å². The second-order valence-corrected chi connectivity index (χ2v) is 8.90. The van der Waals surface area contributed by atoms with Crippen LogP contribution in [0.15, 0.2) is 29.3 Å². The average Bonchev–Trinajstić information content (AvgIpc) is 2.87. The molecule has 1 aromatic carbocycles. The first-order chi connectivity index (χ1) is 18.3. The molecule has 0 amide bonds. The van der Waals surface area contributed by atoms with Gasteiger partial charge in [-0.1, -0.05) is 6.07 Å². The summed E-state index contributed by atoms with van der Waals surface area (Å²) in [6, 6.07) is 6.87. The van der Waals surface area contributed by atoms with Gasteiger partial charge in [-0.25, -0.2) is 13.4 Å². The van der Waals surface area contributed by atoms with Crippen molar-refractivity contribution in [2.45, 2.75) is 0 Å². The molecule has 2 heterocycles. The van der Waals surface area contributed by atoms with Crippen LogP contribution >= 0.6 is 12.0 Å². The number of anilines is 5. The topological polar surface area (TPSA) is 243 Å². The molecule has 0 fully saturated rings. The first-order valence-corrected chi connectivity index (χ1v) is 12.8. The smallest absolute Gasteiger partial charge is 0.748 e. The molecule has 0 bridgehead atoms. The summed E-state index contributed by atoms with van der Waals surface area (Å²) in [5.41, 5.74) is 1.11. The number of aromatic nitrogens is 6. The zero-order valence-electron chi connectivity index (χ0n) is 21.7. The van der Waals surface area contributed by atoms with Crippen LogP contribution in [0.3, 0.4) is 0 Å². The predicted molar refractivity (Wildman–Crippen MR) is 132 cm³/mol. The van der Waals surface area contributed by atoms with E-state index in [9.17, 15) is 18.2 Å². The van der Waals surface area contributed by atoms with E-state index >= 15 is 0 Å². The zero-order valence-corrected chi connectivity index (χ0v) is 27.4. The molecule has 0 aliphatic heterocycles. The molecule has 0 aliphatic carbocycles. The van der Waals surface area contributed by atoms with Gasteiger partial charge in [0.15, 0.2) is 0 Å². The third kappa shape index (κ3) is 13.1. The molecule has 0 saturated heterocycles. The molecule has 3 rings (SSSR count). The van der Waals surface area contributed by atoms with E-state index in [4.69, 9.17) is 9.47 Å². The Bertz CT molecular complexity index is 1360. The Morgan fingerprint density at radius 1 is 0.950 bits per heavy atom. The van der Waals surface area contributed by atoms with Crippen LogP contribution in [0.25, 0.3) is 0 Å². The van der Waals surface area contributed by atoms with Crippen molar-refractivity contribution in [3.8, 4) is 12.0 Å². The van der Waals surface area contributed by atoms with Crippen LogP contribution in [-0.2, 0) is 19.5 Å². The average molecular weight is 615 g/mol. The normalized spacial score (nSPS) is 10.8. The van der Waals surface area contributed by atoms with Gasteiger partial charge in [0, 0.05) is 36.2 Å². The Kier molecular flexibility index (Phi) is 16.7. The number of ether oxygens (including phenoxy) is 2. The molecular formula is C18H20N10Na2O8S2. The van der Waals surface area contributed by atoms with E-state index in [1.54, 1.807) is 24.3 Å². The van der Waals surface area contributed by atoms with Crippen molar-refractivity contribution >= 4 is 63.5 Å². The van der Waals surface area contributed by atoms with Crippen molar-refractivity contribution in [3.63, 3.8) is 0 Å². The monoisotopic (exact) mass is 614 g/mol. The zero-order chi connectivity index (χ0) is 27.4. The number of nitrogens with one attached hydrogen (secondary N) is 3. The van der Waals surface area contributed by atoms with Gasteiger partial charge in [-0.3, -0.25) is 5.04 Å². The number of methoxy groups -OCH3 is 2. The van der Waals surface area contributed by atoms with E-state index in [2.05, 4.69) is 60.2 Å². The summed E-state index contributed by atoms with van der Waals surface area (Å²) in [5.74, 6) is -0.175. The number of aliphatic imine (C=N–C) groups is 1. The summed E-state index contributed by atoms with van der Waals surface area (Å²) in [7, 11) is -1.66. The minimum Gasteiger partial charge on any atom is -0.748 e. The van der Waals surface area contributed by atoms with Crippen molar-refractivity contribution in [3.05, 3.63) is 24.3 Å². The van der Waals surface area contributed by atoms with E-state index in [-0.39, 0.29) is 107 Å². The number of hydrogen-bond acceptors (Lipinski definition) is 19. The van der Waals surface area contributed by atoms with Crippen molar-refractivity contribution in [1.29, 1.82) is 0 Å². The maximum atomic E-state index is 10.8. The molecule has 0 spiro atoms. The first-order valence-electron chi connectivity index (χ1n) is 10.3. The molecule has 40 heavy (non-hydrogen) atoms. The second kappa shape index (κ2) is 18.5. The van der Waals surface area contributed by atoms with Crippen molar-refractivity contribution in [2.75, 3.05) is 48.2 Å². The number of rotatable bonds is 15. The third-order valence-electron chi connectivity index (χ3n) is 4.02. The molecule has 0 radical (unpaired) electrons. The fourth-order valence-electron chi connectivity index (χ4n) is 2.55. The van der Waals surface area contributed by atoms with Gasteiger partial charge in [0.05, 0.1) is 35.8 Å². The number of hydrogen-bond donors (Lipinski definition) is 3. The minimum absolute atomic E-state index is 0. The van der Waals surface area contributed by atoms with Crippen molar-refractivity contribution in [1.82, 2.24) is 29.9 Å². The molecule has 2 aromatic heterocycles. The van der Waals surface area contributed by atoms with Gasteiger partial charge in [0.25, 0.3) is 5.95 Å². The fraction of sp³-hybridized carbons (Fsp3) is 0.278. The van der Waals surface area contributed by atoms with Gasteiger partial charge in [-0.05, 0) is 18.2 Å². The van der Waals surface area contributed by atoms with Crippen LogP contribution in [0.2, 0.25) is 0 Å². The Morgan fingerprint density at radius 3 is 2.15 bits per heavy atom. The summed E-state index contributed by atoms with van der Waals surface area (Å²) in [4.78, 5) is 28.6. The van der Waals surface area contributed by atoms with Gasteiger partial charge in [-0.2, -0.15) is 34.2 Å². The maximum Gasteiger partial charge on any atom is 1.00 e. The molecule has 18 nitrogen and oxygen atoms in total. The van der Waals surface area contributed by atoms with Crippen LogP contribution < -0.4 is 89.8 Å². The Hall–Kier alpha value is -1.95. The SMILES string of the molecule is COc1nc(/N=C\CSOO[O-])nc(Nc2cccc(Nc3nc(NCCS(=O)(=O)[O-])nc(OC)n3)c2)n1.[Na+].[Na+]. The molecule has 3 aromatic rings. The molecule has 22 heteroatoms. The van der Waals surface area contributed by atoms with E-state index in [1.165, 1.54) is 20.4 Å². The number of nitrogens with zero attached hydrogens (tertiary/aromatic N) is 7. The maximum absolute atomic E-state index is 10.8. The van der Waals surface area contributed by atoms with Crippen molar-refractivity contribution in [2.24, 2.45) is 4.99 Å². The molecule has 0 aliphatic rings. The Labute approximate surface area is 276 Å². The summed E-state index contributed by atoms with van der Waals surface area (Å²) < 4.78 is 46.7. The van der Waals surface area contributed by atoms with Crippen LogP contribution in [-0.4, -0.2) is 81.4 Å². The van der Waals surface area contributed by atoms with Gasteiger partial charge >= 0.3 is 71.1 Å². The molecule has 0 atom stereocenters. The van der Waals surface area contributed by atoms with E-state index in [0.29, 0.717) is 11.4 Å². The van der Waals surface area contributed by atoms with Crippen LogP contribution in [0.1, 0.15) is 0 Å². The summed E-state index contributed by atoms with van der Waals surface area (Å²) in [6.45, 7) is -0.194. The fourth-order valence-corrected chi connectivity index (χ4v) is 3.13. The van der Waals surface area contributed by atoms with Crippen LogP contribution in [0, 0.1) is 0 Å². The minimum atomic E-state index is -4.40. The number of benzene rings is 1. The summed E-state index contributed by atoms with van der Waals surface area (Å²) >= 11 is 0.728. The van der Waals surface area contributed by atoms with E-state index < -0.39 is 15.9 Å². The van der Waals surface area contributed by atoms with Gasteiger partial charge < -0.3 is 35.2 Å². The Balaban J connectivity index is 0.00000400. The molecule has 3 N–H and O–H groups in total. The van der Waals surface area contributed by atoms with E-state index in [0.717, 1.165) is 12.0 Å². The van der Waals surface area contributed by atoms with Crippen LogP contribution in [0.5, 0.6) is 12.0 Å². The Morgan fingerprint density at radius 2 is 1.55 bits per heavy atom. The summed E-state index contributed by atoms with van der Waals surface area (Å²) in [5, 5.41) is 21.7. The van der Waals surface area contributed by atoms with E-state index in [1.807, 2.05) is 0 Å². The van der Waals surface area contributed by atoms with Gasteiger partial charge in [-0.15, -0.1) is 0 Å². The second-order valence-electron chi connectivity index (χ2n) is 6.67. The van der Waals surface area contributed by atoms with Gasteiger partial charge in [0.1, 0.15) is 0 Å². The van der Waals surface area contributed by atoms with Gasteiger partial charge in [0.2, 0.25) is 17.8 Å². The third-order valence-corrected chi connectivity index (χ3v) is 5.16. The standard InChI is InChI=1S/C18H22N10O8S2.2Na/c1-33-17-25-13(19-6-8-37-36-35-29)23-15(27-17)21-11-4-3-5-12(10-11)22-16-24-14(26-18(28-16)34-2)20-7-9-38(30,31)32;;/h3-6,10,29H,7-9H2,1-2H3,(H,30,31,32)(H,21,23,25,27)(H2,20,22,24,26,28);;/q;2*+1/p-2/b19-6-;;. The summed E-state index contributed by atoms with van der Waals surface area (Å²) in [6.07, 6.45) is 1.40. The molecule has 0 unspecified atom stereocenters. The quantitative estimate of drug-likeness (QED) is 0.0274.